The van der Waals surface area contributed by atoms with Crippen molar-refractivity contribution in [1.82, 2.24) is 15.3 Å². The molecule has 0 radical (unpaired) electrons. The smallest absolute Gasteiger partial charge is 0.459 e. The molecule has 0 aromatic heterocycles. The normalized spacial score (nSPS) is 12.8. The SMILES string of the molecule is C#CC(CC(COP(=O)(NCC(=O)OCC)Oc1ccccc1)OC)N(C=O)/C=C\C(=O)NC.CC(=O)O.CC(=O)O. The van der Waals surface area contributed by atoms with Crippen LogP contribution >= 0.6 is 7.75 Å². The zero-order valence-corrected chi connectivity index (χ0v) is 24.9. The molecular weight excluding hydrogens is 577 g/mol. The number of hydrogen-bond acceptors (Lipinski definition) is 10. The lowest BCUT2D eigenvalue weighted by Crippen LogP contribution is -2.35. The first-order valence-electron chi connectivity index (χ1n) is 12.2. The zero-order chi connectivity index (χ0) is 32.6. The van der Waals surface area contributed by atoms with Crippen molar-refractivity contribution in [3.05, 3.63) is 42.6 Å². The molecule has 0 spiro atoms. The van der Waals surface area contributed by atoms with E-state index in [2.05, 4.69) is 16.3 Å². The number of terminal acetylenes is 1. The highest BCUT2D eigenvalue weighted by molar-refractivity contribution is 7.52. The third kappa shape index (κ3) is 21.6. The standard InChI is InChI=1S/C22H30N3O8P.2C2H4O2/c1-5-18(25(17-26)13-12-21(27)23-3)14-20(30-4)16-32-34(29,24-15-22(28)31-6-2)33-19-10-8-7-9-11-19;2*1-2(3)4/h1,7-13,17-18,20H,6,14-16H2,2-4H3,(H,23,27)(H,24,29);2*1H3,(H,3,4)/b13-12-;;. The third-order valence-corrected chi connectivity index (χ3v) is 5.75. The summed E-state index contributed by atoms with van der Waals surface area (Å²) in [6, 6.07) is 7.48. The summed E-state index contributed by atoms with van der Waals surface area (Å²) in [6.45, 7) is 3.31. The molecule has 4 N–H and O–H groups in total. The zero-order valence-electron chi connectivity index (χ0n) is 24.1. The van der Waals surface area contributed by atoms with E-state index in [1.807, 2.05) is 0 Å². The van der Waals surface area contributed by atoms with Crippen LogP contribution in [0.25, 0.3) is 0 Å². The van der Waals surface area contributed by atoms with E-state index in [1.54, 1.807) is 37.3 Å². The van der Waals surface area contributed by atoms with Gasteiger partial charge < -0.3 is 34.4 Å². The Bertz CT molecular complexity index is 1070. The molecule has 0 aliphatic carbocycles. The summed E-state index contributed by atoms with van der Waals surface area (Å²) in [6.07, 6.45) is 7.81. The summed E-state index contributed by atoms with van der Waals surface area (Å²) in [4.78, 5) is 53.7. The fourth-order valence-electron chi connectivity index (χ4n) is 2.49. The molecule has 0 bridgehead atoms. The minimum Gasteiger partial charge on any atom is -0.481 e. The number of esters is 1. The van der Waals surface area contributed by atoms with Crippen molar-refractivity contribution in [2.24, 2.45) is 0 Å². The second kappa shape index (κ2) is 23.5. The van der Waals surface area contributed by atoms with Gasteiger partial charge in [-0.1, -0.05) is 24.1 Å². The number of hydrogen-bond donors (Lipinski definition) is 4. The van der Waals surface area contributed by atoms with Gasteiger partial charge in [-0.2, -0.15) is 0 Å². The molecule has 3 unspecified atom stereocenters. The Morgan fingerprint density at radius 1 is 1.14 bits per heavy atom. The number of nitrogens with zero attached hydrogens (tertiary/aromatic N) is 1. The van der Waals surface area contributed by atoms with Gasteiger partial charge in [0.1, 0.15) is 12.3 Å². The molecule has 234 valence electrons. The highest BCUT2D eigenvalue weighted by Gasteiger charge is 2.30. The van der Waals surface area contributed by atoms with Gasteiger partial charge in [-0.25, -0.2) is 9.65 Å². The minimum absolute atomic E-state index is 0.0903. The molecule has 0 saturated carbocycles. The highest BCUT2D eigenvalue weighted by Crippen LogP contribution is 2.44. The van der Waals surface area contributed by atoms with E-state index in [1.165, 1.54) is 20.4 Å². The van der Waals surface area contributed by atoms with E-state index in [0.29, 0.717) is 6.41 Å². The number of carboxylic acid groups (broad SMARTS) is 2. The number of methoxy groups -OCH3 is 1. The van der Waals surface area contributed by atoms with Gasteiger partial charge in [0.2, 0.25) is 12.3 Å². The maximum atomic E-state index is 13.3. The maximum Gasteiger partial charge on any atom is 0.459 e. The Labute approximate surface area is 244 Å². The predicted molar refractivity (Wildman–Crippen MR) is 151 cm³/mol. The van der Waals surface area contributed by atoms with Crippen LogP contribution in [0.15, 0.2) is 42.6 Å². The van der Waals surface area contributed by atoms with E-state index >= 15 is 0 Å². The summed E-state index contributed by atoms with van der Waals surface area (Å²) in [5.74, 6) is -0.0148. The Morgan fingerprint density at radius 3 is 2.17 bits per heavy atom. The first-order chi connectivity index (χ1) is 19.8. The molecule has 0 aliphatic rings. The molecule has 16 heteroatoms. The van der Waals surface area contributed by atoms with Crippen LogP contribution in [0.2, 0.25) is 0 Å². The molecule has 3 atom stereocenters. The Morgan fingerprint density at radius 2 is 1.71 bits per heavy atom. The van der Waals surface area contributed by atoms with Crippen LogP contribution in [0.3, 0.4) is 0 Å². The number of nitrogens with one attached hydrogen (secondary N) is 2. The van der Waals surface area contributed by atoms with Gasteiger partial charge in [0.25, 0.3) is 11.9 Å². The van der Waals surface area contributed by atoms with E-state index < -0.39 is 50.3 Å². The van der Waals surface area contributed by atoms with Crippen molar-refractivity contribution in [2.75, 3.05) is 33.9 Å². The summed E-state index contributed by atoms with van der Waals surface area (Å²) >= 11 is 0. The van der Waals surface area contributed by atoms with E-state index in [0.717, 1.165) is 24.8 Å². The number of carbonyl (C=O) groups excluding carboxylic acids is 3. The Kier molecular flexibility index (Phi) is 22.3. The van der Waals surface area contributed by atoms with Crippen LogP contribution in [-0.2, 0) is 42.5 Å². The first kappa shape index (κ1) is 39.9. The van der Waals surface area contributed by atoms with Crippen molar-refractivity contribution < 1.29 is 57.3 Å². The van der Waals surface area contributed by atoms with E-state index in [-0.39, 0.29) is 25.4 Å². The number of rotatable bonds is 16. The van der Waals surface area contributed by atoms with E-state index in [4.69, 9.17) is 44.7 Å². The number of likely N-dealkylation sites (N-methyl/N-ethyl adjacent to an activating group) is 1. The van der Waals surface area contributed by atoms with Crippen molar-refractivity contribution in [1.29, 1.82) is 0 Å². The van der Waals surface area contributed by atoms with Crippen molar-refractivity contribution >= 4 is 38.0 Å². The van der Waals surface area contributed by atoms with Gasteiger partial charge in [-0.05, 0) is 19.1 Å². The summed E-state index contributed by atoms with van der Waals surface area (Å²) in [7, 11) is -1.19. The topological polar surface area (TPSA) is 207 Å². The highest BCUT2D eigenvalue weighted by atomic mass is 31.2. The summed E-state index contributed by atoms with van der Waals surface area (Å²) < 4.78 is 34.5. The van der Waals surface area contributed by atoms with Gasteiger partial charge in [0, 0.05) is 46.7 Å². The van der Waals surface area contributed by atoms with Crippen LogP contribution in [-0.4, -0.2) is 91.4 Å². The van der Waals surface area contributed by atoms with Crippen LogP contribution in [0.5, 0.6) is 5.75 Å². The van der Waals surface area contributed by atoms with Gasteiger partial charge in [0.15, 0.2) is 0 Å². The number of benzene rings is 1. The predicted octanol–water partition coefficient (Wildman–Crippen LogP) is 1.65. The van der Waals surface area contributed by atoms with Crippen LogP contribution in [0.1, 0.15) is 27.2 Å². The number of aliphatic carboxylic acids is 2. The summed E-state index contributed by atoms with van der Waals surface area (Å²) in [5, 5.41) is 19.7. The number of carboxylic acids is 2. The lowest BCUT2D eigenvalue weighted by molar-refractivity contribution is -0.142. The van der Waals surface area contributed by atoms with Gasteiger partial charge in [-0.15, -0.1) is 6.42 Å². The Balaban J connectivity index is 0. The fraction of sp³-hybridized carbons (Fsp3) is 0.423. The van der Waals surface area contributed by atoms with Gasteiger partial charge in [0.05, 0.1) is 25.4 Å². The number of ether oxygens (including phenoxy) is 2. The fourth-order valence-corrected chi connectivity index (χ4v) is 3.78. The van der Waals surface area contributed by atoms with Crippen molar-refractivity contribution in [3.8, 4) is 18.1 Å². The molecule has 1 rings (SSSR count). The van der Waals surface area contributed by atoms with Crippen molar-refractivity contribution in [2.45, 2.75) is 39.3 Å². The maximum absolute atomic E-state index is 13.3. The lowest BCUT2D eigenvalue weighted by atomic mass is 10.1. The van der Waals surface area contributed by atoms with Crippen LogP contribution < -0.4 is 14.9 Å². The number of carbonyl (C=O) groups is 5. The molecule has 42 heavy (non-hydrogen) atoms. The third-order valence-electron chi connectivity index (χ3n) is 4.26. The van der Waals surface area contributed by atoms with Crippen LogP contribution in [0.4, 0.5) is 0 Å². The second-order valence-corrected chi connectivity index (χ2v) is 9.39. The van der Waals surface area contributed by atoms with Gasteiger partial charge >= 0.3 is 13.7 Å². The van der Waals surface area contributed by atoms with Crippen molar-refractivity contribution in [3.63, 3.8) is 0 Å². The monoisotopic (exact) mass is 615 g/mol. The Hall–Kier alpha value is -4.22. The molecule has 0 saturated heterocycles. The quantitative estimate of drug-likeness (QED) is 0.0687. The lowest BCUT2D eigenvalue weighted by Gasteiger charge is -2.26. The largest absolute Gasteiger partial charge is 0.481 e. The second-order valence-electron chi connectivity index (χ2n) is 7.63. The molecular formula is C26H38N3O12P. The minimum atomic E-state index is -4.03. The number of amides is 2. The average Bonchev–Trinajstić information content (AvgIpc) is 2.93. The molecule has 15 nitrogen and oxygen atoms in total. The molecule has 0 heterocycles. The van der Waals surface area contributed by atoms with Gasteiger partial charge in [-0.3, -0.25) is 28.5 Å². The average molecular weight is 616 g/mol. The molecule has 2 amide bonds. The van der Waals surface area contributed by atoms with Crippen LogP contribution in [0, 0.1) is 12.3 Å². The van der Waals surface area contributed by atoms with E-state index in [9.17, 15) is 18.9 Å². The number of para-hydroxylation sites is 1. The molecule has 0 aliphatic heterocycles. The molecule has 1 aromatic carbocycles. The molecule has 1 aromatic rings. The summed E-state index contributed by atoms with van der Waals surface area (Å²) in [5.41, 5.74) is 0. The first-order valence-corrected chi connectivity index (χ1v) is 13.7. The molecule has 0 fully saturated rings.